The topological polar surface area (TPSA) is 143 Å². The zero-order valence-corrected chi connectivity index (χ0v) is 18.9. The maximum absolute atomic E-state index is 12.6. The molecule has 10 nitrogen and oxygen atoms in total. The van der Waals surface area contributed by atoms with Gasteiger partial charge in [-0.1, -0.05) is 6.07 Å². The number of aliphatic hydroxyl groups is 1. The molecule has 5 atom stereocenters. The second-order valence-electron chi connectivity index (χ2n) is 9.51. The van der Waals surface area contributed by atoms with Crippen LogP contribution in [0.1, 0.15) is 30.4 Å². The number of alkyl halides is 3. The molecule has 2 heterocycles. The molecule has 2 bridgehead atoms. The van der Waals surface area contributed by atoms with E-state index in [0.717, 1.165) is 5.56 Å². The Morgan fingerprint density at radius 1 is 1.31 bits per heavy atom. The van der Waals surface area contributed by atoms with E-state index in [4.69, 9.17) is 14.6 Å². The minimum Gasteiger partial charge on any atom is -0.504 e. The van der Waals surface area contributed by atoms with Gasteiger partial charge in [-0.3, -0.25) is 4.79 Å². The molecule has 0 aromatic heterocycles. The number of carbonyl (C=O) groups is 3. The van der Waals surface area contributed by atoms with Crippen LogP contribution in [0.2, 0.25) is 0 Å². The van der Waals surface area contributed by atoms with E-state index in [9.17, 15) is 37.8 Å². The molecule has 2 aliphatic carbocycles. The third kappa shape index (κ3) is 3.29. The number of carbonyl (C=O) groups excluding carboxylic acids is 2. The van der Waals surface area contributed by atoms with Gasteiger partial charge in [-0.2, -0.15) is 13.2 Å². The number of esters is 2. The minimum atomic E-state index is -5.44. The summed E-state index contributed by atoms with van der Waals surface area (Å²) in [7, 11) is 1.89. The number of nitrogens with zero attached hydrogens (tertiary/aromatic N) is 1. The Balaban J connectivity index is 1.45. The first-order valence-corrected chi connectivity index (χ1v) is 11.2. The number of ether oxygens (including phenoxy) is 3. The number of likely N-dealkylation sites (N-methyl/N-ethyl adjacent to an activating group) is 1. The average molecular weight is 513 g/mol. The molecular formula is C23H22F3NO9. The fraction of sp³-hybridized carbons (Fsp3) is 0.522. The molecule has 0 amide bonds. The van der Waals surface area contributed by atoms with Crippen molar-refractivity contribution in [1.82, 2.24) is 4.90 Å². The summed E-state index contributed by atoms with van der Waals surface area (Å²) in [6.45, 7) is 0.567. The maximum atomic E-state index is 12.6. The molecule has 1 fully saturated rings. The molecule has 4 aliphatic rings. The summed E-state index contributed by atoms with van der Waals surface area (Å²) in [6, 6.07) is 2.93. The zero-order valence-electron chi connectivity index (χ0n) is 18.9. The molecular weight excluding hydrogens is 491 g/mol. The van der Waals surface area contributed by atoms with E-state index in [-0.39, 0.29) is 29.7 Å². The van der Waals surface area contributed by atoms with Crippen molar-refractivity contribution in [2.24, 2.45) is 0 Å². The van der Waals surface area contributed by atoms with Gasteiger partial charge in [0.1, 0.15) is 5.76 Å². The number of hydrogen-bond donors (Lipinski definition) is 3. The summed E-state index contributed by atoms with van der Waals surface area (Å²) in [5, 5.41) is 31.6. The lowest BCUT2D eigenvalue weighted by atomic mass is 9.50. The standard InChI is InChI=1S/C23H22F3NO9/c1-27-7-6-21-16-10-2-3-11(28)17(16)36-18(21)12(4-5-22(21,33)14(27)8-10)34-15(29)9-13(19(30)31)35-20(32)23(24,25)26/h2-4,13-14,18,28,33H,5-9H2,1H3,(H,30,31)/t13-,14+,18-,21-,22+/m0/s1. The highest BCUT2D eigenvalue weighted by atomic mass is 19.4. The SMILES string of the molecule is CN1CC[C@]23c4c5ccc(O)c4O[C@H]2C(OC(=O)C[C@H](OC(=O)C(F)(F)F)C(=O)O)=CC[C@@]3(O)[C@H]1C5. The van der Waals surface area contributed by atoms with E-state index in [1.165, 1.54) is 12.1 Å². The van der Waals surface area contributed by atoms with Gasteiger partial charge in [0.05, 0.1) is 17.4 Å². The molecule has 3 N–H and O–H groups in total. The summed E-state index contributed by atoms with van der Waals surface area (Å²) in [6.07, 6.45) is -7.75. The van der Waals surface area contributed by atoms with E-state index in [1.807, 2.05) is 11.9 Å². The van der Waals surface area contributed by atoms with Crippen molar-refractivity contribution < 1.29 is 57.1 Å². The highest BCUT2D eigenvalue weighted by molar-refractivity contribution is 5.85. The lowest BCUT2D eigenvalue weighted by Crippen LogP contribution is -2.74. The molecule has 0 radical (unpaired) electrons. The third-order valence-corrected chi connectivity index (χ3v) is 7.69. The van der Waals surface area contributed by atoms with Crippen LogP contribution in [0, 0.1) is 0 Å². The number of aliphatic carboxylic acids is 1. The summed E-state index contributed by atoms with van der Waals surface area (Å²) in [4.78, 5) is 37.0. The van der Waals surface area contributed by atoms with Crippen LogP contribution in [0.15, 0.2) is 24.0 Å². The van der Waals surface area contributed by atoms with E-state index in [2.05, 4.69) is 4.74 Å². The molecule has 2 aliphatic heterocycles. The molecule has 5 rings (SSSR count). The van der Waals surface area contributed by atoms with Crippen LogP contribution in [0.25, 0.3) is 0 Å². The lowest BCUT2D eigenvalue weighted by molar-refractivity contribution is -0.208. The zero-order chi connectivity index (χ0) is 26.2. The largest absolute Gasteiger partial charge is 0.504 e. The number of phenolic OH excluding ortho intramolecular Hbond substituents is 1. The second-order valence-corrected chi connectivity index (χ2v) is 9.51. The Labute approximate surface area is 201 Å². The van der Waals surface area contributed by atoms with Crippen LogP contribution < -0.4 is 4.74 Å². The predicted octanol–water partition coefficient (Wildman–Crippen LogP) is 1.16. The quantitative estimate of drug-likeness (QED) is 0.491. The van der Waals surface area contributed by atoms with Crippen molar-refractivity contribution in [1.29, 1.82) is 0 Å². The van der Waals surface area contributed by atoms with Crippen LogP contribution >= 0.6 is 0 Å². The number of phenols is 1. The Morgan fingerprint density at radius 2 is 2.03 bits per heavy atom. The Bertz CT molecular complexity index is 1200. The van der Waals surface area contributed by atoms with E-state index in [1.54, 1.807) is 6.07 Å². The highest BCUT2D eigenvalue weighted by Gasteiger charge is 2.72. The normalized spacial score (nSPS) is 31.0. The molecule has 13 heteroatoms. The highest BCUT2D eigenvalue weighted by Crippen LogP contribution is 2.65. The summed E-state index contributed by atoms with van der Waals surface area (Å²) in [5.41, 5.74) is -0.920. The number of piperidine rings is 1. The Kier molecular flexibility index (Phi) is 5.31. The van der Waals surface area contributed by atoms with Gasteiger partial charge in [-0.05, 0) is 44.1 Å². The predicted molar refractivity (Wildman–Crippen MR) is 111 cm³/mol. The molecule has 36 heavy (non-hydrogen) atoms. The summed E-state index contributed by atoms with van der Waals surface area (Å²) in [5.74, 6) is -6.05. The number of hydrogen-bond acceptors (Lipinski definition) is 9. The first-order valence-electron chi connectivity index (χ1n) is 11.2. The molecule has 1 aromatic carbocycles. The van der Waals surface area contributed by atoms with Crippen molar-refractivity contribution >= 4 is 17.9 Å². The summed E-state index contributed by atoms with van der Waals surface area (Å²) >= 11 is 0. The van der Waals surface area contributed by atoms with Gasteiger partial charge in [0.25, 0.3) is 0 Å². The average Bonchev–Trinajstić information content (AvgIpc) is 3.14. The number of halogens is 3. The first-order chi connectivity index (χ1) is 16.8. The van der Waals surface area contributed by atoms with Crippen molar-refractivity contribution in [3.8, 4) is 11.5 Å². The number of carboxylic acid groups (broad SMARTS) is 1. The Hall–Kier alpha value is -3.32. The number of rotatable bonds is 5. The number of carboxylic acids is 1. The number of likely N-dealkylation sites (tertiary alicyclic amines) is 1. The van der Waals surface area contributed by atoms with Crippen LogP contribution in [0.3, 0.4) is 0 Å². The smallest absolute Gasteiger partial charge is 0.490 e. The number of benzene rings is 1. The lowest BCUT2D eigenvalue weighted by Gasteiger charge is -2.61. The van der Waals surface area contributed by atoms with E-state index >= 15 is 0 Å². The van der Waals surface area contributed by atoms with Gasteiger partial charge < -0.3 is 34.4 Å². The van der Waals surface area contributed by atoms with Gasteiger partial charge in [0, 0.05) is 18.0 Å². The van der Waals surface area contributed by atoms with Crippen LogP contribution in [-0.2, 0) is 35.7 Å². The molecule has 1 aromatic rings. The van der Waals surface area contributed by atoms with Gasteiger partial charge in [-0.15, -0.1) is 0 Å². The molecule has 1 saturated heterocycles. The first kappa shape index (κ1) is 24.4. The van der Waals surface area contributed by atoms with Gasteiger partial charge >= 0.3 is 24.1 Å². The van der Waals surface area contributed by atoms with Gasteiger partial charge in [0.2, 0.25) is 6.10 Å². The van der Waals surface area contributed by atoms with Gasteiger partial charge in [-0.25, -0.2) is 9.59 Å². The Morgan fingerprint density at radius 3 is 2.69 bits per heavy atom. The van der Waals surface area contributed by atoms with Crippen LogP contribution in [-0.4, -0.2) is 81.7 Å². The minimum absolute atomic E-state index is 0.0461. The number of aromatic hydroxyl groups is 1. The van der Waals surface area contributed by atoms with Gasteiger partial charge in [0.15, 0.2) is 17.6 Å². The molecule has 0 unspecified atom stereocenters. The molecule has 194 valence electrons. The monoisotopic (exact) mass is 513 g/mol. The van der Waals surface area contributed by atoms with Crippen molar-refractivity contribution in [3.05, 3.63) is 35.1 Å². The maximum Gasteiger partial charge on any atom is 0.490 e. The second kappa shape index (κ2) is 7.84. The van der Waals surface area contributed by atoms with Crippen molar-refractivity contribution in [3.63, 3.8) is 0 Å². The van der Waals surface area contributed by atoms with E-state index < -0.39 is 53.7 Å². The molecule has 1 spiro atoms. The fourth-order valence-corrected chi connectivity index (χ4v) is 6.14. The van der Waals surface area contributed by atoms with Crippen LogP contribution in [0.4, 0.5) is 13.2 Å². The summed E-state index contributed by atoms with van der Waals surface area (Å²) < 4.78 is 52.8. The van der Waals surface area contributed by atoms with Crippen LogP contribution in [0.5, 0.6) is 11.5 Å². The van der Waals surface area contributed by atoms with Crippen molar-refractivity contribution in [2.75, 3.05) is 13.6 Å². The van der Waals surface area contributed by atoms with E-state index in [0.29, 0.717) is 24.9 Å². The van der Waals surface area contributed by atoms with Crippen molar-refractivity contribution in [2.45, 2.75) is 61.1 Å². The fourth-order valence-electron chi connectivity index (χ4n) is 6.14. The third-order valence-electron chi connectivity index (χ3n) is 7.69. The molecule has 0 saturated carbocycles.